The Morgan fingerprint density at radius 2 is 2.27 bits per heavy atom. The van der Waals surface area contributed by atoms with Crippen molar-refractivity contribution in [2.24, 2.45) is 11.7 Å². The first kappa shape index (κ1) is 9.85. The van der Waals surface area contributed by atoms with Crippen molar-refractivity contribution in [2.75, 3.05) is 0 Å². The molecular weight excluding hydrogens is 194 g/mol. The van der Waals surface area contributed by atoms with E-state index in [1.807, 2.05) is 13.8 Å². The van der Waals surface area contributed by atoms with Crippen LogP contribution >= 0.6 is 0 Å². The van der Waals surface area contributed by atoms with Gasteiger partial charge in [0, 0.05) is 6.20 Å². The second kappa shape index (κ2) is 3.82. The van der Waals surface area contributed by atoms with Crippen LogP contribution in [0.1, 0.15) is 25.7 Å². The zero-order valence-electron chi connectivity index (χ0n) is 8.64. The molecule has 0 fully saturated rings. The molecule has 80 valence electrons. The third-order valence-corrected chi connectivity index (χ3v) is 2.19. The van der Waals surface area contributed by atoms with Crippen molar-refractivity contribution in [1.29, 1.82) is 0 Å². The molecule has 2 aromatic heterocycles. The zero-order valence-corrected chi connectivity index (χ0v) is 8.64. The van der Waals surface area contributed by atoms with Gasteiger partial charge in [-0.2, -0.15) is 10.1 Å². The topological polar surface area (TPSA) is 93.6 Å². The van der Waals surface area contributed by atoms with E-state index in [9.17, 15) is 0 Å². The largest absolute Gasteiger partial charge is 0.332 e. The Morgan fingerprint density at radius 3 is 2.87 bits per heavy atom. The van der Waals surface area contributed by atoms with E-state index in [4.69, 9.17) is 10.3 Å². The van der Waals surface area contributed by atoms with Crippen LogP contribution in [0.3, 0.4) is 0 Å². The fraction of sp³-hybridized carbons (Fsp3) is 0.444. The number of nitrogens with zero attached hydrogens (tertiary/aromatic N) is 3. The van der Waals surface area contributed by atoms with Gasteiger partial charge in [-0.05, 0) is 12.0 Å². The number of hydrogen-bond acceptors (Lipinski definition) is 5. The summed E-state index contributed by atoms with van der Waals surface area (Å²) in [6.07, 6.45) is 1.63. The molecule has 6 nitrogen and oxygen atoms in total. The number of hydrogen-bond donors (Lipinski definition) is 2. The molecule has 0 spiro atoms. The van der Waals surface area contributed by atoms with E-state index in [-0.39, 0.29) is 12.0 Å². The quantitative estimate of drug-likeness (QED) is 0.786. The van der Waals surface area contributed by atoms with Crippen LogP contribution in [0.4, 0.5) is 0 Å². The van der Waals surface area contributed by atoms with Gasteiger partial charge in [-0.15, -0.1) is 0 Å². The summed E-state index contributed by atoms with van der Waals surface area (Å²) in [5, 5.41) is 10.4. The Bertz CT molecular complexity index is 419. The lowest BCUT2D eigenvalue weighted by Crippen LogP contribution is -2.18. The molecule has 0 radical (unpaired) electrons. The van der Waals surface area contributed by atoms with Gasteiger partial charge in [0.1, 0.15) is 5.69 Å². The highest BCUT2D eigenvalue weighted by Gasteiger charge is 2.18. The molecule has 3 N–H and O–H groups in total. The Kier molecular flexibility index (Phi) is 2.51. The fourth-order valence-electron chi connectivity index (χ4n) is 1.15. The molecule has 15 heavy (non-hydrogen) atoms. The standard InChI is InChI=1S/C9H13N5O/c1-5(2)7(10)8-12-9(15-14-8)6-3-4-11-13-6/h3-5,7H,10H2,1-2H3,(H,11,13). The maximum absolute atomic E-state index is 5.89. The summed E-state index contributed by atoms with van der Waals surface area (Å²) in [7, 11) is 0. The van der Waals surface area contributed by atoms with Gasteiger partial charge >= 0.3 is 0 Å². The second-order valence-corrected chi connectivity index (χ2v) is 3.70. The van der Waals surface area contributed by atoms with Gasteiger partial charge in [-0.1, -0.05) is 19.0 Å². The highest BCUT2D eigenvalue weighted by Crippen LogP contribution is 2.19. The minimum Gasteiger partial charge on any atom is -0.332 e. The molecule has 1 unspecified atom stereocenters. The van der Waals surface area contributed by atoms with E-state index >= 15 is 0 Å². The van der Waals surface area contributed by atoms with Gasteiger partial charge in [0.15, 0.2) is 5.82 Å². The molecule has 2 heterocycles. The zero-order chi connectivity index (χ0) is 10.8. The molecule has 0 amide bonds. The van der Waals surface area contributed by atoms with Crippen LogP contribution in [0.2, 0.25) is 0 Å². The van der Waals surface area contributed by atoms with Crippen molar-refractivity contribution in [3.63, 3.8) is 0 Å². The van der Waals surface area contributed by atoms with Crippen LogP contribution in [0.25, 0.3) is 11.6 Å². The van der Waals surface area contributed by atoms with Crippen LogP contribution in [0, 0.1) is 5.92 Å². The maximum Gasteiger partial charge on any atom is 0.275 e. The van der Waals surface area contributed by atoms with Gasteiger partial charge in [-0.3, -0.25) is 5.10 Å². The van der Waals surface area contributed by atoms with E-state index in [0.29, 0.717) is 17.4 Å². The maximum atomic E-state index is 5.89. The molecule has 2 rings (SSSR count). The van der Waals surface area contributed by atoms with Gasteiger partial charge < -0.3 is 10.3 Å². The summed E-state index contributed by atoms with van der Waals surface area (Å²) >= 11 is 0. The first-order valence-corrected chi connectivity index (χ1v) is 4.77. The van der Waals surface area contributed by atoms with Crippen molar-refractivity contribution in [2.45, 2.75) is 19.9 Å². The van der Waals surface area contributed by atoms with Crippen molar-refractivity contribution in [1.82, 2.24) is 20.3 Å². The third kappa shape index (κ3) is 1.89. The van der Waals surface area contributed by atoms with Crippen molar-refractivity contribution in [3.8, 4) is 11.6 Å². The van der Waals surface area contributed by atoms with Gasteiger partial charge in [0.05, 0.1) is 6.04 Å². The van der Waals surface area contributed by atoms with Crippen molar-refractivity contribution >= 4 is 0 Å². The molecule has 1 atom stereocenters. The highest BCUT2D eigenvalue weighted by molar-refractivity contribution is 5.44. The van der Waals surface area contributed by atoms with E-state index in [2.05, 4.69) is 20.3 Å². The lowest BCUT2D eigenvalue weighted by atomic mass is 10.1. The minimum atomic E-state index is -0.203. The average Bonchev–Trinajstić information content (AvgIpc) is 2.86. The second-order valence-electron chi connectivity index (χ2n) is 3.70. The summed E-state index contributed by atoms with van der Waals surface area (Å²) in [6.45, 7) is 4.02. The van der Waals surface area contributed by atoms with Gasteiger partial charge in [-0.25, -0.2) is 0 Å². The Hall–Kier alpha value is -1.69. The number of nitrogens with two attached hydrogens (primary N) is 1. The lowest BCUT2D eigenvalue weighted by molar-refractivity contribution is 0.399. The fourth-order valence-corrected chi connectivity index (χ4v) is 1.15. The molecule has 0 aromatic carbocycles. The Morgan fingerprint density at radius 1 is 1.47 bits per heavy atom. The number of H-pyrrole nitrogens is 1. The molecule has 2 aromatic rings. The molecule has 0 aliphatic rings. The van der Waals surface area contributed by atoms with Gasteiger partial charge in [0.2, 0.25) is 0 Å². The van der Waals surface area contributed by atoms with Crippen LogP contribution in [0.5, 0.6) is 0 Å². The molecule has 0 saturated heterocycles. The molecule has 6 heteroatoms. The molecule has 0 saturated carbocycles. The molecular formula is C9H13N5O. The SMILES string of the molecule is CC(C)C(N)c1noc(-c2ccn[nH]2)n1. The number of aromatic amines is 1. The van der Waals surface area contributed by atoms with Crippen LogP contribution in [0.15, 0.2) is 16.8 Å². The molecule has 0 aliphatic carbocycles. The smallest absolute Gasteiger partial charge is 0.275 e. The number of rotatable bonds is 3. The van der Waals surface area contributed by atoms with Crippen molar-refractivity contribution < 1.29 is 4.52 Å². The van der Waals surface area contributed by atoms with Gasteiger partial charge in [0.25, 0.3) is 5.89 Å². The first-order valence-electron chi connectivity index (χ1n) is 4.77. The lowest BCUT2D eigenvalue weighted by Gasteiger charge is -2.09. The summed E-state index contributed by atoms with van der Waals surface area (Å²) < 4.78 is 5.07. The molecule has 0 bridgehead atoms. The van der Waals surface area contributed by atoms with E-state index in [1.54, 1.807) is 12.3 Å². The highest BCUT2D eigenvalue weighted by atomic mass is 16.5. The summed E-state index contributed by atoms with van der Waals surface area (Å²) in [6, 6.07) is 1.56. The van der Waals surface area contributed by atoms with Crippen LogP contribution in [-0.2, 0) is 0 Å². The Labute approximate surface area is 86.9 Å². The number of aromatic nitrogens is 4. The minimum absolute atomic E-state index is 0.203. The predicted molar refractivity (Wildman–Crippen MR) is 53.6 cm³/mol. The summed E-state index contributed by atoms with van der Waals surface area (Å²) in [4.78, 5) is 4.20. The van der Waals surface area contributed by atoms with E-state index in [0.717, 1.165) is 0 Å². The summed E-state index contributed by atoms with van der Waals surface area (Å²) in [5.74, 6) is 1.21. The number of nitrogens with one attached hydrogen (secondary N) is 1. The Balaban J connectivity index is 2.25. The average molecular weight is 207 g/mol. The van der Waals surface area contributed by atoms with Crippen LogP contribution < -0.4 is 5.73 Å². The first-order chi connectivity index (χ1) is 7.18. The monoisotopic (exact) mass is 207 g/mol. The van der Waals surface area contributed by atoms with Crippen LogP contribution in [-0.4, -0.2) is 20.3 Å². The summed E-state index contributed by atoms with van der Waals surface area (Å²) in [5.41, 5.74) is 6.59. The van der Waals surface area contributed by atoms with Crippen molar-refractivity contribution in [3.05, 3.63) is 18.1 Å². The van der Waals surface area contributed by atoms with E-state index < -0.39 is 0 Å². The normalized spacial score (nSPS) is 13.3. The molecule has 0 aliphatic heterocycles. The third-order valence-electron chi connectivity index (χ3n) is 2.19. The van der Waals surface area contributed by atoms with E-state index in [1.165, 1.54) is 0 Å². The predicted octanol–water partition coefficient (Wildman–Crippen LogP) is 1.12.